The van der Waals surface area contributed by atoms with E-state index in [0.29, 0.717) is 41.8 Å². The van der Waals surface area contributed by atoms with Crippen molar-refractivity contribution in [2.45, 2.75) is 38.1 Å². The monoisotopic (exact) mass is 549 g/mol. The van der Waals surface area contributed by atoms with Crippen LogP contribution in [0.15, 0.2) is 48.7 Å². The molecule has 0 aliphatic carbocycles. The molecule has 10 heteroatoms. The first kappa shape index (κ1) is 25.9. The number of rotatable bonds is 9. The predicted octanol–water partition coefficient (Wildman–Crippen LogP) is 4.44. The van der Waals surface area contributed by atoms with E-state index in [-0.39, 0.29) is 17.5 Å². The molecule has 2 aliphatic rings. The Balaban J connectivity index is 1.37. The van der Waals surface area contributed by atoms with Crippen LogP contribution in [0, 0.1) is 0 Å². The summed E-state index contributed by atoms with van der Waals surface area (Å²) in [4.78, 5) is 12.3. The summed E-state index contributed by atoms with van der Waals surface area (Å²) in [6, 6.07) is 13.7. The fraction of sp³-hybridized carbons (Fsp3) is 0.448. The van der Waals surface area contributed by atoms with E-state index >= 15 is 0 Å². The maximum absolute atomic E-state index is 12.4. The molecule has 0 amide bonds. The van der Waals surface area contributed by atoms with E-state index in [1.54, 1.807) is 7.11 Å². The topological polar surface area (TPSA) is 98.6 Å². The summed E-state index contributed by atoms with van der Waals surface area (Å²) in [5, 5.41) is 5.29. The van der Waals surface area contributed by atoms with Crippen LogP contribution in [-0.4, -0.2) is 78.8 Å². The van der Waals surface area contributed by atoms with Gasteiger partial charge in [-0.05, 0) is 63.4 Å². The highest BCUT2D eigenvalue weighted by Crippen LogP contribution is 2.36. The van der Waals surface area contributed by atoms with Gasteiger partial charge < -0.3 is 19.7 Å². The fourth-order valence-electron chi connectivity index (χ4n) is 5.68. The fourth-order valence-corrected chi connectivity index (χ4v) is 7.31. The molecule has 2 aliphatic heterocycles. The van der Waals surface area contributed by atoms with Gasteiger partial charge in [-0.2, -0.15) is 4.98 Å². The Labute approximate surface area is 229 Å². The Hall–Kier alpha value is -3.37. The van der Waals surface area contributed by atoms with Crippen LogP contribution in [0.25, 0.3) is 27.8 Å². The van der Waals surface area contributed by atoms with Crippen molar-refractivity contribution in [2.75, 3.05) is 50.2 Å². The van der Waals surface area contributed by atoms with Gasteiger partial charge in [0.25, 0.3) is 0 Å². The Morgan fingerprint density at radius 2 is 1.90 bits per heavy atom. The molecule has 6 rings (SSSR count). The van der Waals surface area contributed by atoms with Crippen molar-refractivity contribution in [3.05, 3.63) is 48.7 Å². The van der Waals surface area contributed by atoms with Crippen LogP contribution < -0.4 is 14.8 Å². The molecule has 2 aromatic heterocycles. The molecule has 0 radical (unpaired) electrons. The summed E-state index contributed by atoms with van der Waals surface area (Å²) in [6.45, 7) is 3.96. The maximum Gasteiger partial charge on any atom is 0.236 e. The van der Waals surface area contributed by atoms with E-state index in [2.05, 4.69) is 16.3 Å². The number of methoxy groups -OCH3 is 1. The van der Waals surface area contributed by atoms with Crippen molar-refractivity contribution in [1.82, 2.24) is 19.4 Å². The van der Waals surface area contributed by atoms with Crippen LogP contribution in [0.2, 0.25) is 0 Å². The summed E-state index contributed by atoms with van der Waals surface area (Å²) in [5.41, 5.74) is 1.70. The number of sulfone groups is 1. The molecule has 9 nitrogen and oxygen atoms in total. The number of fused-ring (bicyclic) bond motifs is 2. The summed E-state index contributed by atoms with van der Waals surface area (Å²) < 4.78 is 38.6. The number of nitrogens with one attached hydrogen (secondary N) is 1. The molecule has 2 fully saturated rings. The van der Waals surface area contributed by atoms with Gasteiger partial charge in [0.15, 0.2) is 21.3 Å². The van der Waals surface area contributed by atoms with Crippen molar-refractivity contribution in [2.24, 2.45) is 0 Å². The van der Waals surface area contributed by atoms with E-state index in [1.165, 1.54) is 25.9 Å². The highest BCUT2D eigenvalue weighted by Gasteiger charge is 2.26. The molecule has 0 bridgehead atoms. The number of hydrogen-bond donors (Lipinski definition) is 1. The first-order valence-corrected chi connectivity index (χ1v) is 15.6. The number of nitrogens with zero attached hydrogens (tertiary/aromatic N) is 4. The van der Waals surface area contributed by atoms with E-state index in [4.69, 9.17) is 19.4 Å². The van der Waals surface area contributed by atoms with Gasteiger partial charge in [0.05, 0.1) is 36.3 Å². The number of ether oxygens (including phenoxy) is 2. The smallest absolute Gasteiger partial charge is 0.236 e. The molecule has 0 saturated carbocycles. The average molecular weight is 550 g/mol. The number of para-hydroxylation sites is 1. The average Bonchev–Trinajstić information content (AvgIpc) is 3.60. The standard InChI is InChI=1S/C29H35N5O4S/c1-37-26-18-23-24(19-27(26)38-16-7-14-33-12-4-5-13-33)31-29(34-15-11-21-8-2-3-10-25(21)34)32-28(23)30-22-9-6-17-39(35,36)20-22/h2-3,8,10-11,15,18-19,22H,4-7,9,12-14,16-17,20H2,1H3,(H,30,31,32). The third-order valence-electron chi connectivity index (χ3n) is 7.66. The third-order valence-corrected chi connectivity index (χ3v) is 9.48. The zero-order chi connectivity index (χ0) is 26.8. The van der Waals surface area contributed by atoms with Crippen molar-refractivity contribution in [3.63, 3.8) is 0 Å². The van der Waals surface area contributed by atoms with Gasteiger partial charge in [-0.1, -0.05) is 18.2 Å². The Morgan fingerprint density at radius 3 is 2.72 bits per heavy atom. The van der Waals surface area contributed by atoms with E-state index in [9.17, 15) is 8.42 Å². The first-order valence-electron chi connectivity index (χ1n) is 13.8. The number of anilines is 1. The summed E-state index contributed by atoms with van der Waals surface area (Å²) in [6.07, 6.45) is 6.86. The molecular formula is C29H35N5O4S. The van der Waals surface area contributed by atoms with Crippen LogP contribution in [0.4, 0.5) is 5.82 Å². The SMILES string of the molecule is COc1cc2c(NC3CCCS(=O)(=O)C3)nc(-n3ccc4ccccc43)nc2cc1OCCCN1CCCC1. The largest absolute Gasteiger partial charge is 0.493 e. The Bertz CT molecular complexity index is 1580. The van der Waals surface area contributed by atoms with Crippen LogP contribution >= 0.6 is 0 Å². The molecule has 1 unspecified atom stereocenters. The lowest BCUT2D eigenvalue weighted by Crippen LogP contribution is -2.35. The Morgan fingerprint density at radius 1 is 1.05 bits per heavy atom. The number of hydrogen-bond acceptors (Lipinski definition) is 8. The molecule has 4 aromatic rings. The van der Waals surface area contributed by atoms with Gasteiger partial charge in [-0.3, -0.25) is 4.57 Å². The van der Waals surface area contributed by atoms with Crippen LogP contribution in [0.1, 0.15) is 32.1 Å². The summed E-state index contributed by atoms with van der Waals surface area (Å²) >= 11 is 0. The van der Waals surface area contributed by atoms with Gasteiger partial charge in [0.1, 0.15) is 5.82 Å². The van der Waals surface area contributed by atoms with Crippen molar-refractivity contribution < 1.29 is 17.9 Å². The Kier molecular flexibility index (Phi) is 7.31. The van der Waals surface area contributed by atoms with E-state index < -0.39 is 9.84 Å². The number of aromatic nitrogens is 3. The van der Waals surface area contributed by atoms with Crippen LogP contribution in [-0.2, 0) is 9.84 Å². The maximum atomic E-state index is 12.4. The first-order chi connectivity index (χ1) is 19.0. The lowest BCUT2D eigenvalue weighted by molar-refractivity contribution is 0.254. The zero-order valence-corrected chi connectivity index (χ0v) is 23.1. The molecular weight excluding hydrogens is 514 g/mol. The molecule has 1 N–H and O–H groups in total. The molecule has 206 valence electrons. The normalized spacial score (nSPS) is 19.5. The lowest BCUT2D eigenvalue weighted by Gasteiger charge is -2.24. The number of likely N-dealkylation sites (tertiary alicyclic amines) is 1. The third kappa shape index (κ3) is 5.67. The van der Waals surface area contributed by atoms with Crippen LogP contribution in [0.3, 0.4) is 0 Å². The van der Waals surface area contributed by atoms with Gasteiger partial charge in [-0.15, -0.1) is 0 Å². The van der Waals surface area contributed by atoms with Gasteiger partial charge in [0.2, 0.25) is 5.95 Å². The highest BCUT2D eigenvalue weighted by molar-refractivity contribution is 7.91. The minimum atomic E-state index is -3.09. The highest BCUT2D eigenvalue weighted by atomic mass is 32.2. The number of benzene rings is 2. The van der Waals surface area contributed by atoms with Gasteiger partial charge in [0, 0.05) is 35.6 Å². The molecule has 1 atom stereocenters. The van der Waals surface area contributed by atoms with E-state index in [1.807, 2.05) is 47.2 Å². The quantitative estimate of drug-likeness (QED) is 0.306. The minimum Gasteiger partial charge on any atom is -0.493 e. The molecule has 0 spiro atoms. The lowest BCUT2D eigenvalue weighted by atomic mass is 10.1. The minimum absolute atomic E-state index is 0.0929. The second-order valence-electron chi connectivity index (χ2n) is 10.5. The van der Waals surface area contributed by atoms with Crippen molar-refractivity contribution in [1.29, 1.82) is 0 Å². The molecule has 2 saturated heterocycles. The zero-order valence-electron chi connectivity index (χ0n) is 22.3. The van der Waals surface area contributed by atoms with E-state index in [0.717, 1.165) is 35.7 Å². The van der Waals surface area contributed by atoms with Crippen molar-refractivity contribution in [3.8, 4) is 17.4 Å². The van der Waals surface area contributed by atoms with Gasteiger partial charge in [-0.25, -0.2) is 13.4 Å². The molecule has 2 aromatic carbocycles. The second-order valence-corrected chi connectivity index (χ2v) is 12.7. The van der Waals surface area contributed by atoms with Crippen molar-refractivity contribution >= 4 is 37.5 Å². The van der Waals surface area contributed by atoms with Gasteiger partial charge >= 0.3 is 0 Å². The predicted molar refractivity (Wildman–Crippen MR) is 154 cm³/mol. The molecule has 4 heterocycles. The summed E-state index contributed by atoms with van der Waals surface area (Å²) in [5.74, 6) is 2.67. The van der Waals surface area contributed by atoms with Crippen LogP contribution in [0.5, 0.6) is 11.5 Å². The summed E-state index contributed by atoms with van der Waals surface area (Å²) in [7, 11) is -1.46. The molecule has 39 heavy (non-hydrogen) atoms. The second kappa shape index (κ2) is 11.0.